The number of carbonyl (C=O) groups is 1. The third kappa shape index (κ3) is 12.9. The molecule has 0 aromatic rings. The summed E-state index contributed by atoms with van der Waals surface area (Å²) in [5.74, 6) is 1.25. The van der Waals surface area contributed by atoms with E-state index in [1.54, 1.807) is 11.8 Å². The molecule has 15 heavy (non-hydrogen) atoms. The van der Waals surface area contributed by atoms with E-state index in [1.165, 1.54) is 0 Å². The maximum absolute atomic E-state index is 11.3. The Labute approximate surface area is 117 Å². The van der Waals surface area contributed by atoms with Gasteiger partial charge in [0.15, 0.2) is 5.78 Å². The fourth-order valence-corrected chi connectivity index (χ4v) is 1.49. The highest BCUT2D eigenvalue weighted by Gasteiger charge is 2.13. The molecular formula is C8H23ClN2OS3. The molecule has 3 N–H and O–H groups in total. The first-order valence-corrected chi connectivity index (χ1v) is 5.54. The Balaban J connectivity index is -0.000000202. The molecule has 0 radical (unpaired) electrons. The lowest BCUT2D eigenvalue weighted by Crippen LogP contribution is -2.35. The van der Waals surface area contributed by atoms with Gasteiger partial charge < -0.3 is 11.1 Å². The second kappa shape index (κ2) is 17.3. The van der Waals surface area contributed by atoms with Crippen LogP contribution in [0.25, 0.3) is 0 Å². The van der Waals surface area contributed by atoms with Crippen molar-refractivity contribution in [2.75, 3.05) is 25.6 Å². The molecule has 0 fully saturated rings. The van der Waals surface area contributed by atoms with Crippen molar-refractivity contribution in [2.24, 2.45) is 5.73 Å². The van der Waals surface area contributed by atoms with Gasteiger partial charge in [0.05, 0.1) is 6.04 Å². The molecule has 0 spiro atoms. The van der Waals surface area contributed by atoms with Gasteiger partial charge in [-0.3, -0.25) is 4.79 Å². The fraction of sp³-hybridized carbons (Fsp3) is 0.875. The molecular weight excluding hydrogens is 272 g/mol. The third-order valence-electron chi connectivity index (χ3n) is 1.74. The summed E-state index contributed by atoms with van der Waals surface area (Å²) in [6.45, 7) is 0.455. The second-order valence-corrected chi connectivity index (χ2v) is 3.61. The molecule has 7 heteroatoms. The van der Waals surface area contributed by atoms with E-state index < -0.39 is 0 Å². The van der Waals surface area contributed by atoms with Crippen LogP contribution in [0.15, 0.2) is 0 Å². The Bertz CT molecular complexity index is 141. The number of halogens is 1. The van der Waals surface area contributed by atoms with E-state index in [0.29, 0.717) is 13.0 Å². The summed E-state index contributed by atoms with van der Waals surface area (Å²) >= 11 is 1.76. The summed E-state index contributed by atoms with van der Waals surface area (Å²) in [6, 6.07) is 0.000926. The van der Waals surface area contributed by atoms with Gasteiger partial charge in [0.25, 0.3) is 0 Å². The standard InChI is InChI=1S/C8H18N2OS.ClH.2H2S/c1-10-7(4-6-12-2)8(11)3-5-9;;;/h7,10H,3-6,9H2,1-2H3;1H;2*1H2/t7-;;;/m0.../s1. The Morgan fingerprint density at radius 2 is 2.00 bits per heavy atom. The van der Waals surface area contributed by atoms with Crippen LogP contribution >= 0.6 is 51.2 Å². The first-order chi connectivity index (χ1) is 5.76. The van der Waals surface area contributed by atoms with E-state index in [2.05, 4.69) is 5.32 Å². The van der Waals surface area contributed by atoms with Crippen molar-refractivity contribution < 1.29 is 4.79 Å². The van der Waals surface area contributed by atoms with Gasteiger partial charge in [-0.15, -0.1) is 12.4 Å². The van der Waals surface area contributed by atoms with Crippen LogP contribution < -0.4 is 11.1 Å². The van der Waals surface area contributed by atoms with E-state index in [-0.39, 0.29) is 51.2 Å². The summed E-state index contributed by atoms with van der Waals surface area (Å²) in [7, 11) is 1.82. The highest BCUT2D eigenvalue weighted by Crippen LogP contribution is 2.02. The lowest BCUT2D eigenvalue weighted by molar-refractivity contribution is -0.120. The number of Topliss-reactive ketones (excluding diaryl/α,β-unsaturated/α-hetero) is 1. The number of nitrogens with two attached hydrogens (primary N) is 1. The fourth-order valence-electron chi connectivity index (χ4n) is 1.02. The average molecular weight is 295 g/mol. The van der Waals surface area contributed by atoms with Crippen LogP contribution in [0.1, 0.15) is 12.8 Å². The molecule has 0 amide bonds. The van der Waals surface area contributed by atoms with E-state index >= 15 is 0 Å². The van der Waals surface area contributed by atoms with Gasteiger partial charge in [0, 0.05) is 6.42 Å². The predicted octanol–water partition coefficient (Wildman–Crippen LogP) is 0.893. The zero-order valence-electron chi connectivity index (χ0n) is 9.21. The number of likely N-dealkylation sites (N-methyl/N-ethyl adjacent to an activating group) is 1. The number of hydrogen-bond donors (Lipinski definition) is 2. The zero-order chi connectivity index (χ0) is 9.40. The summed E-state index contributed by atoms with van der Waals surface area (Å²) in [5, 5.41) is 3.00. The van der Waals surface area contributed by atoms with Crippen LogP contribution in [0.5, 0.6) is 0 Å². The quantitative estimate of drug-likeness (QED) is 0.732. The zero-order valence-corrected chi connectivity index (χ0v) is 12.8. The number of rotatable bonds is 7. The summed E-state index contributed by atoms with van der Waals surface area (Å²) < 4.78 is 0. The Morgan fingerprint density at radius 1 is 1.47 bits per heavy atom. The van der Waals surface area contributed by atoms with E-state index in [1.807, 2.05) is 13.3 Å². The average Bonchev–Trinajstić information content (AvgIpc) is 2.06. The highest BCUT2D eigenvalue weighted by atomic mass is 35.5. The van der Waals surface area contributed by atoms with Crippen LogP contribution in [0, 0.1) is 0 Å². The molecule has 0 saturated heterocycles. The molecule has 0 aromatic carbocycles. The van der Waals surface area contributed by atoms with Gasteiger partial charge in [-0.2, -0.15) is 38.8 Å². The number of carbonyl (C=O) groups excluding carboxylic acids is 1. The molecule has 0 aliphatic carbocycles. The molecule has 0 bridgehead atoms. The molecule has 96 valence electrons. The number of hydrogen-bond acceptors (Lipinski definition) is 4. The summed E-state index contributed by atoms with van der Waals surface area (Å²) in [4.78, 5) is 11.3. The van der Waals surface area contributed by atoms with Gasteiger partial charge in [0.1, 0.15) is 0 Å². The van der Waals surface area contributed by atoms with Crippen LogP contribution in [0.4, 0.5) is 0 Å². The maximum Gasteiger partial charge on any atom is 0.151 e. The van der Waals surface area contributed by atoms with Gasteiger partial charge in [0.2, 0.25) is 0 Å². The predicted molar refractivity (Wildman–Crippen MR) is 82.5 cm³/mol. The topological polar surface area (TPSA) is 55.1 Å². The van der Waals surface area contributed by atoms with Crippen LogP contribution in [-0.4, -0.2) is 37.4 Å². The second-order valence-electron chi connectivity index (χ2n) is 2.63. The van der Waals surface area contributed by atoms with Gasteiger partial charge in [-0.25, -0.2) is 0 Å². The highest BCUT2D eigenvalue weighted by molar-refractivity contribution is 7.98. The first kappa shape index (κ1) is 24.9. The molecule has 0 aliphatic heterocycles. The van der Waals surface area contributed by atoms with Crippen LogP contribution in [0.3, 0.4) is 0 Å². The van der Waals surface area contributed by atoms with Crippen LogP contribution in [0.2, 0.25) is 0 Å². The van der Waals surface area contributed by atoms with Crippen molar-refractivity contribution in [3.8, 4) is 0 Å². The number of ketones is 1. The summed E-state index contributed by atoms with van der Waals surface area (Å²) in [6.07, 6.45) is 3.43. The SMILES string of the molecule is CN[C@@H](CCSC)C(=O)CCN.Cl.S.S. The molecule has 0 saturated carbocycles. The normalized spacial score (nSPS) is 10.3. The van der Waals surface area contributed by atoms with Crippen molar-refractivity contribution in [2.45, 2.75) is 18.9 Å². The number of thioether (sulfide) groups is 1. The van der Waals surface area contributed by atoms with Crippen LogP contribution in [-0.2, 0) is 4.79 Å². The van der Waals surface area contributed by atoms with Gasteiger partial charge in [-0.05, 0) is 32.0 Å². The van der Waals surface area contributed by atoms with E-state index in [4.69, 9.17) is 5.73 Å². The van der Waals surface area contributed by atoms with Crippen molar-refractivity contribution in [1.82, 2.24) is 5.32 Å². The van der Waals surface area contributed by atoms with E-state index in [0.717, 1.165) is 12.2 Å². The summed E-state index contributed by atoms with van der Waals surface area (Å²) in [5.41, 5.74) is 5.30. The lowest BCUT2D eigenvalue weighted by atomic mass is 10.1. The Kier molecular flexibility index (Phi) is 28.8. The van der Waals surface area contributed by atoms with Gasteiger partial charge >= 0.3 is 0 Å². The Hall–Kier alpha value is 0.930. The molecule has 1 atom stereocenters. The molecule has 0 rings (SSSR count). The molecule has 0 unspecified atom stereocenters. The minimum Gasteiger partial charge on any atom is -0.330 e. The van der Waals surface area contributed by atoms with Crippen molar-refractivity contribution in [1.29, 1.82) is 0 Å². The smallest absolute Gasteiger partial charge is 0.151 e. The van der Waals surface area contributed by atoms with Crippen molar-refractivity contribution in [3.05, 3.63) is 0 Å². The monoisotopic (exact) mass is 294 g/mol. The van der Waals surface area contributed by atoms with E-state index in [9.17, 15) is 4.79 Å². The molecule has 0 heterocycles. The van der Waals surface area contributed by atoms with Crippen molar-refractivity contribution >= 4 is 56.9 Å². The largest absolute Gasteiger partial charge is 0.330 e. The van der Waals surface area contributed by atoms with Gasteiger partial charge in [-0.1, -0.05) is 0 Å². The number of nitrogens with one attached hydrogen (secondary N) is 1. The Morgan fingerprint density at radius 3 is 2.33 bits per heavy atom. The third-order valence-corrected chi connectivity index (χ3v) is 2.38. The maximum atomic E-state index is 11.3. The molecule has 0 aliphatic rings. The minimum absolute atomic E-state index is 0. The molecule has 3 nitrogen and oxygen atoms in total. The minimum atomic E-state index is 0. The van der Waals surface area contributed by atoms with Crippen molar-refractivity contribution in [3.63, 3.8) is 0 Å². The lowest BCUT2D eigenvalue weighted by Gasteiger charge is -2.13. The molecule has 0 aromatic heterocycles. The first-order valence-electron chi connectivity index (χ1n) is 4.15.